The van der Waals surface area contributed by atoms with Gasteiger partial charge in [-0.1, -0.05) is 102 Å². The standard InChI is InChI=1S/C43H52N2O3/c1-5-7-9-11-13-17-26-45(25-16-12-10-8-6-2)34-23-24-37-41(29-34)47-40-28-32(4)39(44-33-20-18-19-31(3)27-33)30-38(40)43(37)36-22-15-14-21-35(36)42(46)48-43/h14-15,18-24,27-30,44H,5-13,16-17,25-26H2,1-4H3. The summed E-state index contributed by atoms with van der Waals surface area (Å²) in [6, 6.07) is 26.9. The van der Waals surface area contributed by atoms with Gasteiger partial charge < -0.3 is 19.7 Å². The van der Waals surface area contributed by atoms with Crippen LogP contribution in [0.1, 0.15) is 123 Å². The molecule has 2 aliphatic heterocycles. The predicted octanol–water partition coefficient (Wildman–Crippen LogP) is 11.8. The zero-order valence-corrected chi connectivity index (χ0v) is 29.4. The Morgan fingerprint density at radius 1 is 0.667 bits per heavy atom. The third kappa shape index (κ3) is 6.97. The number of benzene rings is 4. The van der Waals surface area contributed by atoms with E-state index in [9.17, 15) is 4.79 Å². The second-order valence-electron chi connectivity index (χ2n) is 13.7. The van der Waals surface area contributed by atoms with Crippen LogP contribution in [-0.2, 0) is 10.3 Å². The molecule has 1 spiro atoms. The lowest BCUT2D eigenvalue weighted by Gasteiger charge is -2.38. The lowest BCUT2D eigenvalue weighted by Crippen LogP contribution is -2.33. The van der Waals surface area contributed by atoms with Crippen molar-refractivity contribution in [2.75, 3.05) is 23.3 Å². The van der Waals surface area contributed by atoms with E-state index in [4.69, 9.17) is 9.47 Å². The van der Waals surface area contributed by atoms with E-state index in [-0.39, 0.29) is 5.97 Å². The molecule has 252 valence electrons. The molecule has 2 aliphatic rings. The molecule has 4 aromatic carbocycles. The summed E-state index contributed by atoms with van der Waals surface area (Å²) >= 11 is 0. The summed E-state index contributed by atoms with van der Waals surface area (Å²) in [6.45, 7) is 10.8. The van der Waals surface area contributed by atoms with Gasteiger partial charge in [0.2, 0.25) is 0 Å². The Morgan fingerprint density at radius 2 is 1.35 bits per heavy atom. The van der Waals surface area contributed by atoms with Crippen molar-refractivity contribution in [2.24, 2.45) is 0 Å². The smallest absolute Gasteiger partial charge is 0.340 e. The van der Waals surface area contributed by atoms with Gasteiger partial charge in [0.25, 0.3) is 0 Å². The van der Waals surface area contributed by atoms with Gasteiger partial charge in [-0.05, 0) is 80.3 Å². The number of carbonyl (C=O) groups is 1. The van der Waals surface area contributed by atoms with Gasteiger partial charge in [0.05, 0.1) is 5.56 Å². The molecule has 0 saturated heterocycles. The maximum absolute atomic E-state index is 13.5. The first-order valence-corrected chi connectivity index (χ1v) is 18.3. The number of nitrogens with one attached hydrogen (secondary N) is 1. The first-order valence-electron chi connectivity index (χ1n) is 18.3. The van der Waals surface area contributed by atoms with Crippen LogP contribution in [0.15, 0.2) is 78.9 Å². The molecule has 1 unspecified atom stereocenters. The van der Waals surface area contributed by atoms with Gasteiger partial charge in [0.15, 0.2) is 5.60 Å². The van der Waals surface area contributed by atoms with Crippen molar-refractivity contribution >= 4 is 23.0 Å². The summed E-state index contributed by atoms with van der Waals surface area (Å²) in [5.41, 5.74) is 7.44. The van der Waals surface area contributed by atoms with Crippen LogP contribution < -0.4 is 15.0 Å². The van der Waals surface area contributed by atoms with Gasteiger partial charge >= 0.3 is 5.97 Å². The topological polar surface area (TPSA) is 50.8 Å². The van der Waals surface area contributed by atoms with E-state index in [2.05, 4.69) is 92.5 Å². The minimum atomic E-state index is -1.10. The van der Waals surface area contributed by atoms with Crippen LogP contribution in [0.25, 0.3) is 0 Å². The van der Waals surface area contributed by atoms with Crippen LogP contribution in [0.3, 0.4) is 0 Å². The maximum atomic E-state index is 13.5. The fraction of sp³-hybridized carbons (Fsp3) is 0.419. The highest BCUT2D eigenvalue weighted by Gasteiger charge is 2.53. The van der Waals surface area contributed by atoms with E-state index in [1.54, 1.807) is 0 Å². The highest BCUT2D eigenvalue weighted by atomic mass is 16.6. The molecule has 0 saturated carbocycles. The Labute approximate surface area is 287 Å². The van der Waals surface area contributed by atoms with E-state index in [0.717, 1.165) is 58.2 Å². The number of aryl methyl sites for hydroxylation is 2. The second kappa shape index (κ2) is 15.3. The zero-order valence-electron chi connectivity index (χ0n) is 29.4. The quantitative estimate of drug-likeness (QED) is 0.0971. The van der Waals surface area contributed by atoms with Crippen molar-refractivity contribution in [3.05, 3.63) is 112 Å². The molecule has 1 N–H and O–H groups in total. The van der Waals surface area contributed by atoms with Crippen LogP contribution in [0, 0.1) is 13.8 Å². The van der Waals surface area contributed by atoms with Gasteiger partial charge in [-0.25, -0.2) is 4.79 Å². The molecule has 0 aromatic heterocycles. The molecule has 4 aromatic rings. The Kier molecular flexibility index (Phi) is 10.7. The Balaban J connectivity index is 1.37. The molecule has 5 nitrogen and oxygen atoms in total. The van der Waals surface area contributed by atoms with Gasteiger partial charge in [-0.15, -0.1) is 0 Å². The van der Waals surface area contributed by atoms with Gasteiger partial charge in [-0.3, -0.25) is 0 Å². The van der Waals surface area contributed by atoms with Gasteiger partial charge in [0.1, 0.15) is 11.5 Å². The largest absolute Gasteiger partial charge is 0.456 e. The molecule has 0 bridgehead atoms. The number of ether oxygens (including phenoxy) is 2. The molecule has 2 heterocycles. The first-order chi connectivity index (χ1) is 23.4. The van der Waals surface area contributed by atoms with Crippen molar-refractivity contribution in [1.82, 2.24) is 0 Å². The molecule has 0 radical (unpaired) electrons. The number of anilines is 3. The third-order valence-corrected chi connectivity index (χ3v) is 10.0. The number of unbranched alkanes of at least 4 members (excludes halogenated alkanes) is 9. The van der Waals surface area contributed by atoms with E-state index < -0.39 is 5.60 Å². The number of nitrogens with zero attached hydrogens (tertiary/aromatic N) is 1. The monoisotopic (exact) mass is 644 g/mol. The minimum absolute atomic E-state index is 0.306. The number of carbonyl (C=O) groups excluding carboxylic acids is 1. The normalized spacial score (nSPS) is 15.8. The second-order valence-corrected chi connectivity index (χ2v) is 13.7. The van der Waals surface area contributed by atoms with Gasteiger partial charge in [0, 0.05) is 52.9 Å². The number of rotatable bonds is 16. The third-order valence-electron chi connectivity index (χ3n) is 10.0. The molecule has 0 amide bonds. The van der Waals surface area contributed by atoms with Crippen molar-refractivity contribution in [1.29, 1.82) is 0 Å². The molecule has 0 fully saturated rings. The highest BCUT2D eigenvalue weighted by Crippen LogP contribution is 2.57. The number of fused-ring (bicyclic) bond motifs is 6. The molecular formula is C43H52N2O3. The summed E-state index contributed by atoms with van der Waals surface area (Å²) in [5.74, 6) is 1.17. The van der Waals surface area contributed by atoms with E-state index >= 15 is 0 Å². The molecule has 1 atom stereocenters. The van der Waals surface area contributed by atoms with Crippen LogP contribution in [0.4, 0.5) is 17.1 Å². The van der Waals surface area contributed by atoms with Crippen LogP contribution in [0.5, 0.6) is 11.5 Å². The maximum Gasteiger partial charge on any atom is 0.340 e. The van der Waals surface area contributed by atoms with Crippen LogP contribution >= 0.6 is 0 Å². The summed E-state index contributed by atoms with van der Waals surface area (Å²) in [7, 11) is 0. The van der Waals surface area contributed by atoms with Crippen LogP contribution in [-0.4, -0.2) is 19.1 Å². The summed E-state index contributed by atoms with van der Waals surface area (Å²) < 4.78 is 13.3. The lowest BCUT2D eigenvalue weighted by atomic mass is 9.77. The van der Waals surface area contributed by atoms with E-state index in [1.807, 2.05) is 24.3 Å². The molecule has 5 heteroatoms. The van der Waals surface area contributed by atoms with Crippen LogP contribution in [0.2, 0.25) is 0 Å². The van der Waals surface area contributed by atoms with Crippen molar-refractivity contribution in [3.63, 3.8) is 0 Å². The van der Waals surface area contributed by atoms with E-state index in [0.29, 0.717) is 5.56 Å². The average molecular weight is 645 g/mol. The fourth-order valence-electron chi connectivity index (χ4n) is 7.38. The van der Waals surface area contributed by atoms with Crippen molar-refractivity contribution < 1.29 is 14.3 Å². The van der Waals surface area contributed by atoms with Crippen molar-refractivity contribution in [2.45, 2.75) is 104 Å². The minimum Gasteiger partial charge on any atom is -0.456 e. The average Bonchev–Trinajstić information content (AvgIpc) is 3.38. The van der Waals surface area contributed by atoms with Crippen molar-refractivity contribution in [3.8, 4) is 11.5 Å². The Morgan fingerprint density at radius 3 is 2.08 bits per heavy atom. The lowest BCUT2D eigenvalue weighted by molar-refractivity contribution is 0.0224. The Hall–Kier alpha value is -4.25. The SMILES string of the molecule is CCCCCCCCN(CCCCCCC)c1ccc2c(c1)Oc1cc(C)c(Nc3cccc(C)c3)cc1C21OC(=O)c2ccccc21. The Bertz CT molecular complexity index is 1730. The van der Waals surface area contributed by atoms with Gasteiger partial charge in [-0.2, -0.15) is 0 Å². The predicted molar refractivity (Wildman–Crippen MR) is 198 cm³/mol. The summed E-state index contributed by atoms with van der Waals surface area (Å²) in [5, 5.41) is 3.62. The molecule has 48 heavy (non-hydrogen) atoms. The number of esters is 1. The number of hydrogen-bond acceptors (Lipinski definition) is 5. The highest BCUT2D eigenvalue weighted by molar-refractivity contribution is 5.97. The number of hydrogen-bond donors (Lipinski definition) is 1. The first kappa shape index (κ1) is 33.6. The summed E-state index contributed by atoms with van der Waals surface area (Å²) in [6.07, 6.45) is 13.9. The zero-order chi connectivity index (χ0) is 33.5. The molecule has 6 rings (SSSR count). The summed E-state index contributed by atoms with van der Waals surface area (Å²) in [4.78, 5) is 16.1. The molecule has 0 aliphatic carbocycles. The molecular weight excluding hydrogens is 592 g/mol. The van der Waals surface area contributed by atoms with E-state index in [1.165, 1.54) is 81.9 Å². The fourth-order valence-corrected chi connectivity index (χ4v) is 7.38.